The van der Waals surface area contributed by atoms with Gasteiger partial charge in [0.05, 0.1) is 23.3 Å². The molecule has 0 saturated heterocycles. The molecule has 2 amide bonds. The number of hydrogen-bond donors (Lipinski definition) is 3. The first-order valence-corrected chi connectivity index (χ1v) is 13.0. The maximum Gasteiger partial charge on any atom is 0.269 e. The minimum Gasteiger partial charge on any atom is -0.385 e. The lowest BCUT2D eigenvalue weighted by atomic mass is 9.93. The van der Waals surface area contributed by atoms with Crippen molar-refractivity contribution in [3.63, 3.8) is 0 Å². The number of imidazole rings is 1. The second kappa shape index (κ2) is 10.6. The van der Waals surface area contributed by atoms with Crippen molar-refractivity contribution in [2.24, 2.45) is 0 Å². The minimum atomic E-state index is -0.321. The third-order valence-corrected chi connectivity index (χ3v) is 7.11. The van der Waals surface area contributed by atoms with Crippen LogP contribution >= 0.6 is 0 Å². The largest absolute Gasteiger partial charge is 0.385 e. The number of allylic oxidation sites excluding steroid dienone is 2. The Balaban J connectivity index is 1.30. The van der Waals surface area contributed by atoms with Crippen molar-refractivity contribution < 1.29 is 14.3 Å². The monoisotopic (exact) mass is 520 g/mol. The predicted molar refractivity (Wildman–Crippen MR) is 148 cm³/mol. The molecule has 3 heterocycles. The fraction of sp³-hybridized carbons (Fsp3) is 0.233. The fourth-order valence-electron chi connectivity index (χ4n) is 5.29. The topological polar surface area (TPSA) is 122 Å². The van der Waals surface area contributed by atoms with Crippen LogP contribution in [0.3, 0.4) is 0 Å². The molecule has 6 rings (SSSR count). The highest BCUT2D eigenvalue weighted by atomic mass is 16.5. The van der Waals surface area contributed by atoms with Gasteiger partial charge < -0.3 is 20.4 Å². The molecule has 9 heteroatoms. The molecule has 0 aliphatic heterocycles. The molecule has 0 spiro atoms. The quantitative estimate of drug-likeness (QED) is 0.297. The summed E-state index contributed by atoms with van der Waals surface area (Å²) in [6, 6.07) is 10.9. The summed E-state index contributed by atoms with van der Waals surface area (Å²) in [6.07, 6.45) is 11.8. The van der Waals surface area contributed by atoms with Gasteiger partial charge in [-0.3, -0.25) is 19.6 Å². The average Bonchev–Trinajstić information content (AvgIpc) is 3.55. The Bertz CT molecular complexity index is 1600. The number of nitrogens with one attached hydrogen (secondary N) is 3. The fourth-order valence-corrected chi connectivity index (χ4v) is 5.29. The average molecular weight is 521 g/mol. The summed E-state index contributed by atoms with van der Waals surface area (Å²) in [5.41, 5.74) is 7.75. The Morgan fingerprint density at radius 1 is 1.15 bits per heavy atom. The van der Waals surface area contributed by atoms with Gasteiger partial charge in [0.2, 0.25) is 0 Å². The molecule has 2 aliphatic carbocycles. The molecule has 1 unspecified atom stereocenters. The van der Waals surface area contributed by atoms with Crippen molar-refractivity contribution in [1.82, 2.24) is 30.6 Å². The molecule has 0 fully saturated rings. The van der Waals surface area contributed by atoms with Crippen molar-refractivity contribution >= 4 is 28.4 Å². The van der Waals surface area contributed by atoms with Crippen LogP contribution < -0.4 is 10.6 Å². The third-order valence-electron chi connectivity index (χ3n) is 7.11. The number of carbonyl (C=O) groups is 2. The first-order chi connectivity index (χ1) is 19.1. The van der Waals surface area contributed by atoms with Gasteiger partial charge in [0.15, 0.2) is 0 Å². The van der Waals surface area contributed by atoms with E-state index in [2.05, 4.69) is 49.9 Å². The van der Waals surface area contributed by atoms with Crippen LogP contribution in [-0.4, -0.2) is 52.0 Å². The number of hydrogen-bond acceptors (Lipinski definition) is 6. The second-order valence-electron chi connectivity index (χ2n) is 9.56. The molecule has 3 aromatic heterocycles. The van der Waals surface area contributed by atoms with Crippen LogP contribution in [0.2, 0.25) is 0 Å². The Labute approximate surface area is 225 Å². The lowest BCUT2D eigenvalue weighted by Gasteiger charge is -2.18. The van der Waals surface area contributed by atoms with E-state index in [0.29, 0.717) is 25.1 Å². The van der Waals surface area contributed by atoms with Crippen molar-refractivity contribution in [3.05, 3.63) is 95.1 Å². The van der Waals surface area contributed by atoms with Crippen molar-refractivity contribution in [2.75, 3.05) is 20.3 Å². The molecular weight excluding hydrogens is 492 g/mol. The van der Waals surface area contributed by atoms with Gasteiger partial charge in [0.1, 0.15) is 11.5 Å². The van der Waals surface area contributed by atoms with Gasteiger partial charge in [-0.1, -0.05) is 30.4 Å². The van der Waals surface area contributed by atoms with Crippen molar-refractivity contribution in [1.29, 1.82) is 0 Å². The van der Waals surface area contributed by atoms with E-state index in [4.69, 9.17) is 9.72 Å². The summed E-state index contributed by atoms with van der Waals surface area (Å²) in [7, 11) is 1.62. The number of aromatic amines is 1. The standard InChI is InChI=1S/C30H28N6O3/c1-39-15-5-12-33-30(38)24-16-18(10-14-32-24)29(37)36-27-20-7-3-2-6-19(20)26-21(27)8-4-9-22(26)28-34-23-11-13-31-17-25(23)35-28/h3-4,7-11,13-14,16-17,27H,2,5-6,12,15H2,1H3,(H,33,38)(H,34,35)(H,36,37). The van der Waals surface area contributed by atoms with Gasteiger partial charge >= 0.3 is 0 Å². The number of methoxy groups -OCH3 is 1. The number of amides is 2. The molecule has 1 aromatic carbocycles. The summed E-state index contributed by atoms with van der Waals surface area (Å²) >= 11 is 0. The molecule has 0 bridgehead atoms. The van der Waals surface area contributed by atoms with Gasteiger partial charge in [-0.15, -0.1) is 0 Å². The Morgan fingerprint density at radius 3 is 2.95 bits per heavy atom. The van der Waals surface area contributed by atoms with Gasteiger partial charge in [-0.25, -0.2) is 4.98 Å². The van der Waals surface area contributed by atoms with Gasteiger partial charge in [-0.2, -0.15) is 0 Å². The number of aromatic nitrogens is 4. The summed E-state index contributed by atoms with van der Waals surface area (Å²) < 4.78 is 5.02. The maximum absolute atomic E-state index is 13.5. The summed E-state index contributed by atoms with van der Waals surface area (Å²) in [5.74, 6) is 0.186. The number of ether oxygens (including phenoxy) is 1. The van der Waals surface area contributed by atoms with E-state index in [9.17, 15) is 9.59 Å². The molecular formula is C30H28N6O3. The molecule has 0 radical (unpaired) electrons. The number of rotatable bonds is 8. The van der Waals surface area contributed by atoms with E-state index in [1.54, 1.807) is 25.6 Å². The molecule has 39 heavy (non-hydrogen) atoms. The summed E-state index contributed by atoms with van der Waals surface area (Å²) in [6.45, 7) is 1.03. The Morgan fingerprint density at radius 2 is 2.08 bits per heavy atom. The summed E-state index contributed by atoms with van der Waals surface area (Å²) in [5, 5.41) is 6.03. The normalized spacial score (nSPS) is 15.8. The number of pyridine rings is 2. The summed E-state index contributed by atoms with van der Waals surface area (Å²) in [4.78, 5) is 42.6. The Kier molecular flexibility index (Phi) is 6.73. The molecule has 4 aromatic rings. The van der Waals surface area contributed by atoms with Gasteiger partial charge in [0.25, 0.3) is 11.8 Å². The van der Waals surface area contributed by atoms with Crippen LogP contribution in [0, 0.1) is 0 Å². The zero-order valence-electron chi connectivity index (χ0n) is 21.5. The number of H-pyrrole nitrogens is 1. The maximum atomic E-state index is 13.5. The number of fused-ring (bicyclic) bond motifs is 3. The minimum absolute atomic E-state index is 0.200. The lowest BCUT2D eigenvalue weighted by Crippen LogP contribution is -2.30. The highest BCUT2D eigenvalue weighted by molar-refractivity contribution is 6.00. The second-order valence-corrected chi connectivity index (χ2v) is 9.56. The van der Waals surface area contributed by atoms with Crippen LogP contribution in [0.1, 0.15) is 57.3 Å². The molecule has 1 atom stereocenters. The van der Waals surface area contributed by atoms with E-state index < -0.39 is 0 Å². The van der Waals surface area contributed by atoms with Crippen molar-refractivity contribution in [2.45, 2.75) is 25.3 Å². The van der Waals surface area contributed by atoms with Crippen LogP contribution in [0.5, 0.6) is 0 Å². The Hall–Kier alpha value is -4.63. The lowest BCUT2D eigenvalue weighted by molar-refractivity contribution is 0.0943. The zero-order chi connectivity index (χ0) is 26.8. The molecule has 9 nitrogen and oxygen atoms in total. The van der Waals surface area contributed by atoms with Crippen LogP contribution in [0.4, 0.5) is 0 Å². The SMILES string of the molecule is COCCCNC(=O)c1cc(C(=O)NC2C3=C(CCC=C3)c3c(-c4nc5ccncc5[nH]4)cccc32)ccn1. The van der Waals surface area contributed by atoms with E-state index in [1.807, 2.05) is 12.1 Å². The smallest absolute Gasteiger partial charge is 0.269 e. The first kappa shape index (κ1) is 24.7. The highest BCUT2D eigenvalue weighted by Gasteiger charge is 2.34. The van der Waals surface area contributed by atoms with E-state index in [-0.39, 0.29) is 23.6 Å². The predicted octanol–water partition coefficient (Wildman–Crippen LogP) is 4.37. The van der Waals surface area contributed by atoms with Gasteiger partial charge in [0, 0.05) is 43.8 Å². The molecule has 2 aliphatic rings. The van der Waals surface area contributed by atoms with Crippen LogP contribution in [-0.2, 0) is 4.74 Å². The molecule has 3 N–H and O–H groups in total. The van der Waals surface area contributed by atoms with Crippen molar-refractivity contribution in [3.8, 4) is 11.4 Å². The third kappa shape index (κ3) is 4.72. The van der Waals surface area contributed by atoms with Crippen LogP contribution in [0.15, 0.2) is 72.7 Å². The highest BCUT2D eigenvalue weighted by Crippen LogP contribution is 2.48. The number of nitrogens with zero attached hydrogens (tertiary/aromatic N) is 3. The molecule has 196 valence electrons. The van der Waals surface area contributed by atoms with Crippen LogP contribution in [0.25, 0.3) is 28.0 Å². The van der Waals surface area contributed by atoms with E-state index in [1.165, 1.54) is 17.8 Å². The zero-order valence-corrected chi connectivity index (χ0v) is 21.5. The van der Waals surface area contributed by atoms with E-state index >= 15 is 0 Å². The van der Waals surface area contributed by atoms with E-state index in [0.717, 1.165) is 52.0 Å². The van der Waals surface area contributed by atoms with Gasteiger partial charge in [-0.05, 0) is 59.7 Å². The number of carbonyl (C=O) groups excluding carboxylic acids is 2. The molecule has 0 saturated carbocycles. The first-order valence-electron chi connectivity index (χ1n) is 13.0. The number of benzene rings is 1.